The summed E-state index contributed by atoms with van der Waals surface area (Å²) in [5.41, 5.74) is 3.26. The van der Waals surface area contributed by atoms with Crippen LogP contribution >= 0.6 is 0 Å². The lowest BCUT2D eigenvalue weighted by atomic mass is 9.94. The van der Waals surface area contributed by atoms with E-state index in [1.165, 1.54) is 7.11 Å². The molecule has 0 radical (unpaired) electrons. The molecule has 3 aromatic rings. The highest BCUT2D eigenvalue weighted by Gasteiger charge is 2.38. The number of fused-ring (bicyclic) bond motifs is 2. The molecule has 3 amide bonds. The highest BCUT2D eigenvalue weighted by molar-refractivity contribution is 6.02. The maximum absolute atomic E-state index is 13.7. The molecule has 1 aromatic heterocycles. The molecule has 2 aliphatic rings. The SMILES string of the molecule is COC(=O)C(CC1CCNC1=O)NC(=O)C(NC(=O)c1cc2c(OC)cccc2[nH]1)C1Cc2ccccc2C1. The van der Waals surface area contributed by atoms with Gasteiger partial charge in [0.1, 0.15) is 23.5 Å². The molecule has 1 saturated heterocycles. The minimum Gasteiger partial charge on any atom is -0.496 e. The van der Waals surface area contributed by atoms with Gasteiger partial charge in [-0.25, -0.2) is 4.79 Å². The van der Waals surface area contributed by atoms with Crippen LogP contribution in [0.4, 0.5) is 0 Å². The van der Waals surface area contributed by atoms with Crippen molar-refractivity contribution in [1.29, 1.82) is 0 Å². The van der Waals surface area contributed by atoms with E-state index in [0.29, 0.717) is 31.6 Å². The number of aromatic amines is 1. The number of methoxy groups -OCH3 is 2. The minimum absolute atomic E-state index is 0.123. The molecule has 39 heavy (non-hydrogen) atoms. The number of ether oxygens (including phenoxy) is 2. The van der Waals surface area contributed by atoms with E-state index >= 15 is 0 Å². The van der Waals surface area contributed by atoms with Gasteiger partial charge >= 0.3 is 5.97 Å². The first kappa shape index (κ1) is 26.3. The van der Waals surface area contributed by atoms with Crippen molar-refractivity contribution < 1.29 is 28.7 Å². The van der Waals surface area contributed by atoms with Crippen LogP contribution in [0.5, 0.6) is 5.75 Å². The van der Waals surface area contributed by atoms with E-state index in [2.05, 4.69) is 20.9 Å². The van der Waals surface area contributed by atoms with Crippen molar-refractivity contribution in [2.45, 2.75) is 37.8 Å². The lowest BCUT2D eigenvalue weighted by Gasteiger charge is -2.26. The Kier molecular flexibility index (Phi) is 7.53. The smallest absolute Gasteiger partial charge is 0.328 e. The molecule has 1 fully saturated rings. The first-order chi connectivity index (χ1) is 18.9. The van der Waals surface area contributed by atoms with Crippen LogP contribution in [-0.2, 0) is 32.0 Å². The van der Waals surface area contributed by atoms with Crippen LogP contribution in [0.1, 0.15) is 34.5 Å². The van der Waals surface area contributed by atoms with E-state index in [0.717, 1.165) is 22.0 Å². The third kappa shape index (κ3) is 5.45. The average Bonchev–Trinajstić information content (AvgIpc) is 3.68. The Balaban J connectivity index is 1.39. The molecule has 2 aromatic carbocycles. The molecule has 2 heterocycles. The highest BCUT2D eigenvalue weighted by Crippen LogP contribution is 2.30. The van der Waals surface area contributed by atoms with Gasteiger partial charge < -0.3 is 30.4 Å². The van der Waals surface area contributed by atoms with Crippen LogP contribution in [0.3, 0.4) is 0 Å². The Hall–Kier alpha value is -4.34. The maximum Gasteiger partial charge on any atom is 0.328 e. The Morgan fingerprint density at radius 2 is 1.77 bits per heavy atom. The number of H-pyrrole nitrogens is 1. The maximum atomic E-state index is 13.7. The summed E-state index contributed by atoms with van der Waals surface area (Å²) >= 11 is 0. The zero-order chi connectivity index (χ0) is 27.5. The second kappa shape index (κ2) is 11.2. The number of aromatic nitrogens is 1. The van der Waals surface area contributed by atoms with Crippen molar-refractivity contribution in [3.8, 4) is 5.75 Å². The lowest BCUT2D eigenvalue weighted by molar-refractivity contribution is -0.146. The largest absolute Gasteiger partial charge is 0.496 e. The summed E-state index contributed by atoms with van der Waals surface area (Å²) in [5, 5.41) is 9.20. The third-order valence-electron chi connectivity index (χ3n) is 7.70. The topological polar surface area (TPSA) is 139 Å². The number of nitrogens with one attached hydrogen (secondary N) is 4. The number of carbonyl (C=O) groups excluding carboxylic acids is 4. The number of hydrogen-bond donors (Lipinski definition) is 4. The van der Waals surface area contributed by atoms with Gasteiger partial charge in [0.15, 0.2) is 0 Å². The van der Waals surface area contributed by atoms with Gasteiger partial charge in [0.05, 0.1) is 14.2 Å². The van der Waals surface area contributed by atoms with Crippen molar-refractivity contribution >= 4 is 34.6 Å². The van der Waals surface area contributed by atoms with E-state index in [4.69, 9.17) is 9.47 Å². The molecule has 3 unspecified atom stereocenters. The molecular weight excluding hydrogens is 500 g/mol. The molecule has 0 saturated carbocycles. The highest BCUT2D eigenvalue weighted by atomic mass is 16.5. The zero-order valence-electron chi connectivity index (χ0n) is 21.9. The molecule has 10 heteroatoms. The van der Waals surface area contributed by atoms with Crippen molar-refractivity contribution in [3.63, 3.8) is 0 Å². The van der Waals surface area contributed by atoms with Gasteiger partial charge in [-0.3, -0.25) is 14.4 Å². The van der Waals surface area contributed by atoms with E-state index in [1.54, 1.807) is 19.2 Å². The van der Waals surface area contributed by atoms with Gasteiger partial charge in [0.25, 0.3) is 5.91 Å². The van der Waals surface area contributed by atoms with Gasteiger partial charge in [-0.15, -0.1) is 0 Å². The molecule has 10 nitrogen and oxygen atoms in total. The van der Waals surface area contributed by atoms with Gasteiger partial charge in [-0.1, -0.05) is 30.3 Å². The summed E-state index contributed by atoms with van der Waals surface area (Å²) in [6.45, 7) is 0.527. The molecule has 0 bridgehead atoms. The van der Waals surface area contributed by atoms with Crippen molar-refractivity contribution in [2.75, 3.05) is 20.8 Å². The number of esters is 1. The summed E-state index contributed by atoms with van der Waals surface area (Å²) in [4.78, 5) is 55.0. The number of carbonyl (C=O) groups is 4. The molecule has 1 aliphatic carbocycles. The summed E-state index contributed by atoms with van der Waals surface area (Å²) in [5.74, 6) is -1.73. The summed E-state index contributed by atoms with van der Waals surface area (Å²) in [6.07, 6.45) is 1.90. The van der Waals surface area contributed by atoms with Crippen LogP contribution in [0, 0.1) is 11.8 Å². The normalized spacial score (nSPS) is 18.2. The fourth-order valence-corrected chi connectivity index (χ4v) is 5.65. The minimum atomic E-state index is -1.02. The van der Waals surface area contributed by atoms with E-state index in [9.17, 15) is 19.2 Å². The predicted molar refractivity (Wildman–Crippen MR) is 143 cm³/mol. The number of hydrogen-bond acceptors (Lipinski definition) is 6. The van der Waals surface area contributed by atoms with Crippen molar-refractivity contribution in [2.24, 2.45) is 11.8 Å². The van der Waals surface area contributed by atoms with E-state index in [1.807, 2.05) is 36.4 Å². The Morgan fingerprint density at radius 3 is 2.41 bits per heavy atom. The van der Waals surface area contributed by atoms with Gasteiger partial charge in [-0.2, -0.15) is 0 Å². The fourth-order valence-electron chi connectivity index (χ4n) is 5.65. The molecule has 1 aliphatic heterocycles. The van der Waals surface area contributed by atoms with Crippen LogP contribution in [-0.4, -0.2) is 61.5 Å². The lowest BCUT2D eigenvalue weighted by Crippen LogP contribution is -2.55. The number of benzene rings is 2. The summed E-state index contributed by atoms with van der Waals surface area (Å²) < 4.78 is 10.3. The predicted octanol–water partition coefficient (Wildman–Crippen LogP) is 1.87. The third-order valence-corrected chi connectivity index (χ3v) is 7.70. The molecule has 5 rings (SSSR count). The Labute approximate surface area is 225 Å². The fraction of sp³-hybridized carbons (Fsp3) is 0.379. The second-order valence-corrected chi connectivity index (χ2v) is 10.1. The average molecular weight is 533 g/mol. The van der Waals surface area contributed by atoms with Gasteiger partial charge in [0, 0.05) is 23.4 Å². The van der Waals surface area contributed by atoms with E-state index < -0.39 is 35.8 Å². The monoisotopic (exact) mass is 532 g/mol. The van der Waals surface area contributed by atoms with Gasteiger partial charge in [-0.05, 0) is 60.9 Å². The van der Waals surface area contributed by atoms with Gasteiger partial charge in [0.2, 0.25) is 11.8 Å². The van der Waals surface area contributed by atoms with Crippen LogP contribution < -0.4 is 20.7 Å². The zero-order valence-corrected chi connectivity index (χ0v) is 21.9. The number of amides is 3. The van der Waals surface area contributed by atoms with Crippen molar-refractivity contribution in [1.82, 2.24) is 20.9 Å². The molecule has 0 spiro atoms. The molecule has 3 atom stereocenters. The van der Waals surface area contributed by atoms with E-state index in [-0.39, 0.29) is 23.9 Å². The van der Waals surface area contributed by atoms with Crippen LogP contribution in [0.2, 0.25) is 0 Å². The summed E-state index contributed by atoms with van der Waals surface area (Å²) in [7, 11) is 2.81. The molecular formula is C29H32N4O6. The summed E-state index contributed by atoms with van der Waals surface area (Å²) in [6, 6.07) is 13.2. The standard InChI is InChI=1S/C29H32N4O6/c1-38-24-9-5-8-21-20(24)15-22(31-21)27(35)33-25(19-12-16-6-3-4-7-17(16)13-19)28(36)32-23(29(37)39-2)14-18-10-11-30-26(18)34/h3-9,15,18-19,23,25,31H,10-14H2,1-2H3,(H,30,34)(H,32,36)(H,33,35). The van der Waals surface area contributed by atoms with Crippen molar-refractivity contribution in [3.05, 3.63) is 65.4 Å². The quantitative estimate of drug-likeness (QED) is 0.311. The second-order valence-electron chi connectivity index (χ2n) is 10.1. The Bertz CT molecular complexity index is 1390. The molecule has 4 N–H and O–H groups in total. The first-order valence-corrected chi connectivity index (χ1v) is 13.1. The molecule has 204 valence electrons. The number of rotatable bonds is 9. The Morgan fingerprint density at radius 1 is 1.03 bits per heavy atom. The first-order valence-electron chi connectivity index (χ1n) is 13.1. The van der Waals surface area contributed by atoms with Crippen LogP contribution in [0.15, 0.2) is 48.5 Å². The van der Waals surface area contributed by atoms with Crippen LogP contribution in [0.25, 0.3) is 10.9 Å².